The Morgan fingerprint density at radius 1 is 0.355 bits per heavy atom. The summed E-state index contributed by atoms with van der Waals surface area (Å²) in [7, 11) is 0. The van der Waals surface area contributed by atoms with Crippen molar-refractivity contribution >= 4 is 53.7 Å². The third-order valence-electron chi connectivity index (χ3n) is 13.0. The molecular weight excluding hydrogens is 767 g/mol. The van der Waals surface area contributed by atoms with E-state index >= 15 is 0 Å². The summed E-state index contributed by atoms with van der Waals surface area (Å²) in [5.41, 5.74) is 15.8. The highest BCUT2D eigenvalue weighted by molar-refractivity contribution is 7.25. The number of nitrogens with zero attached hydrogens (tertiary/aromatic N) is 1. The predicted molar refractivity (Wildman–Crippen MR) is 264 cm³/mol. The van der Waals surface area contributed by atoms with Crippen molar-refractivity contribution < 1.29 is 0 Å². The molecule has 11 aromatic rings. The second-order valence-corrected chi connectivity index (χ2v) is 17.5. The molecule has 62 heavy (non-hydrogen) atoms. The Bertz CT molecular complexity index is 3390. The van der Waals surface area contributed by atoms with Crippen LogP contribution >= 0.6 is 11.3 Å². The molecule has 0 N–H and O–H groups in total. The maximum Gasteiger partial charge on any atom is 0.0713 e. The molecule has 0 unspecified atom stereocenters. The van der Waals surface area contributed by atoms with Crippen LogP contribution in [0.3, 0.4) is 0 Å². The average molecular weight is 808 g/mol. The van der Waals surface area contributed by atoms with Gasteiger partial charge in [0.25, 0.3) is 0 Å². The van der Waals surface area contributed by atoms with E-state index in [0.717, 1.165) is 11.4 Å². The summed E-state index contributed by atoms with van der Waals surface area (Å²) < 4.78 is 2.65. The fourth-order valence-corrected chi connectivity index (χ4v) is 11.2. The third-order valence-corrected chi connectivity index (χ3v) is 14.2. The predicted octanol–water partition coefficient (Wildman–Crippen LogP) is 16.2. The lowest BCUT2D eigenvalue weighted by molar-refractivity contribution is 0.766. The summed E-state index contributed by atoms with van der Waals surface area (Å²) in [4.78, 5) is 2.49. The lowest BCUT2D eigenvalue weighted by Crippen LogP contribution is -2.28. The van der Waals surface area contributed by atoms with Crippen molar-refractivity contribution in [1.82, 2.24) is 0 Å². The standard InChI is InChI=1S/C60H41NS/c1-3-18-46(19-4-1)60(47-20-5-2-6-21-47)56-27-11-9-24-52(56)53-35-29-41(37-57(53)60)40-61(48-33-30-43(31-34-48)51-26-14-16-42-15-7-8-23-50(42)51)49-22-13-17-44(38-49)45-32-36-59-55(39-45)54-25-10-12-28-58(54)62-59/h1-39H,40H2. The van der Waals surface area contributed by atoms with Crippen LogP contribution < -0.4 is 4.90 Å². The van der Waals surface area contributed by atoms with Gasteiger partial charge in [-0.3, -0.25) is 0 Å². The topological polar surface area (TPSA) is 3.24 Å². The summed E-state index contributed by atoms with van der Waals surface area (Å²) in [6.45, 7) is 0.689. The highest BCUT2D eigenvalue weighted by Crippen LogP contribution is 2.56. The number of thiophene rings is 1. The molecule has 0 amide bonds. The second-order valence-electron chi connectivity index (χ2n) is 16.4. The second kappa shape index (κ2) is 14.9. The zero-order chi connectivity index (χ0) is 41.0. The van der Waals surface area contributed by atoms with Crippen molar-refractivity contribution in [1.29, 1.82) is 0 Å². The molecule has 1 nitrogen and oxygen atoms in total. The van der Waals surface area contributed by atoms with E-state index in [4.69, 9.17) is 0 Å². The number of rotatable bonds is 8. The molecule has 0 aliphatic heterocycles. The van der Waals surface area contributed by atoms with Gasteiger partial charge < -0.3 is 4.90 Å². The highest BCUT2D eigenvalue weighted by atomic mass is 32.1. The first-order valence-corrected chi connectivity index (χ1v) is 22.3. The quantitative estimate of drug-likeness (QED) is 0.148. The maximum atomic E-state index is 2.49. The first-order valence-electron chi connectivity index (χ1n) is 21.4. The summed E-state index contributed by atoms with van der Waals surface area (Å²) in [5.74, 6) is 0. The van der Waals surface area contributed by atoms with Gasteiger partial charge in [0.15, 0.2) is 0 Å². The first kappa shape index (κ1) is 36.3. The van der Waals surface area contributed by atoms with Gasteiger partial charge in [-0.15, -0.1) is 11.3 Å². The van der Waals surface area contributed by atoms with Gasteiger partial charge in [0, 0.05) is 38.1 Å². The van der Waals surface area contributed by atoms with E-state index in [-0.39, 0.29) is 0 Å². The van der Waals surface area contributed by atoms with Crippen LogP contribution in [0.1, 0.15) is 27.8 Å². The van der Waals surface area contributed by atoms with Crippen LogP contribution in [-0.2, 0) is 12.0 Å². The molecule has 10 aromatic carbocycles. The van der Waals surface area contributed by atoms with E-state index in [2.05, 4.69) is 241 Å². The molecule has 0 bridgehead atoms. The molecule has 2 heteroatoms. The van der Waals surface area contributed by atoms with Gasteiger partial charge in [0.1, 0.15) is 0 Å². The van der Waals surface area contributed by atoms with Gasteiger partial charge in [-0.05, 0) is 114 Å². The SMILES string of the molecule is c1ccc(C2(c3ccccc3)c3ccccc3-c3ccc(CN(c4ccc(-c5cccc6ccccc56)cc4)c4cccc(-c5ccc6sc7ccccc7c6c5)c4)cc32)cc1. The number of fused-ring (bicyclic) bond motifs is 7. The average Bonchev–Trinajstić information content (AvgIpc) is 3.87. The van der Waals surface area contributed by atoms with Crippen molar-refractivity contribution in [3.8, 4) is 33.4 Å². The molecule has 0 saturated heterocycles. The van der Waals surface area contributed by atoms with Crippen LogP contribution in [0.25, 0.3) is 64.3 Å². The van der Waals surface area contributed by atoms with E-state index < -0.39 is 5.41 Å². The van der Waals surface area contributed by atoms with E-state index in [1.54, 1.807) is 0 Å². The molecule has 1 aromatic heterocycles. The molecule has 0 spiro atoms. The molecule has 12 rings (SSSR count). The Labute approximate surface area is 366 Å². The zero-order valence-electron chi connectivity index (χ0n) is 34.1. The lowest BCUT2D eigenvalue weighted by atomic mass is 9.67. The Kier molecular flexibility index (Phi) is 8.72. The fourth-order valence-electron chi connectivity index (χ4n) is 10.2. The van der Waals surface area contributed by atoms with Crippen molar-refractivity contribution in [2.75, 3.05) is 4.90 Å². The van der Waals surface area contributed by atoms with Crippen LogP contribution in [0.15, 0.2) is 237 Å². The van der Waals surface area contributed by atoms with E-state index in [1.807, 2.05) is 11.3 Å². The summed E-state index contributed by atoms with van der Waals surface area (Å²) >= 11 is 1.87. The summed E-state index contributed by atoms with van der Waals surface area (Å²) in [6.07, 6.45) is 0. The van der Waals surface area contributed by atoms with Crippen LogP contribution in [0, 0.1) is 0 Å². The smallest absolute Gasteiger partial charge is 0.0713 e. The molecule has 1 heterocycles. The molecule has 292 valence electrons. The Morgan fingerprint density at radius 3 is 1.79 bits per heavy atom. The first-order chi connectivity index (χ1) is 30.7. The van der Waals surface area contributed by atoms with Gasteiger partial charge in [-0.1, -0.05) is 194 Å². The molecule has 0 atom stereocenters. The number of hydrogen-bond acceptors (Lipinski definition) is 2. The summed E-state index contributed by atoms with van der Waals surface area (Å²) in [5, 5.41) is 5.15. The molecular formula is C60H41NS. The van der Waals surface area contributed by atoms with Gasteiger partial charge in [0.05, 0.1) is 5.41 Å². The van der Waals surface area contributed by atoms with Crippen LogP contribution in [0.4, 0.5) is 11.4 Å². The molecule has 0 saturated carbocycles. The van der Waals surface area contributed by atoms with Gasteiger partial charge >= 0.3 is 0 Å². The van der Waals surface area contributed by atoms with Crippen molar-refractivity contribution in [2.45, 2.75) is 12.0 Å². The van der Waals surface area contributed by atoms with Gasteiger partial charge in [-0.2, -0.15) is 0 Å². The monoisotopic (exact) mass is 807 g/mol. The third kappa shape index (κ3) is 5.90. The van der Waals surface area contributed by atoms with Crippen LogP contribution in [0.2, 0.25) is 0 Å². The van der Waals surface area contributed by atoms with E-state index in [0.29, 0.717) is 6.54 Å². The highest BCUT2D eigenvalue weighted by Gasteiger charge is 2.46. The lowest BCUT2D eigenvalue weighted by Gasteiger charge is -2.34. The minimum Gasteiger partial charge on any atom is -0.337 e. The van der Waals surface area contributed by atoms with E-state index in [1.165, 1.54) is 92.1 Å². The fraction of sp³-hybridized carbons (Fsp3) is 0.0333. The zero-order valence-corrected chi connectivity index (χ0v) is 34.9. The number of benzene rings is 10. The van der Waals surface area contributed by atoms with Crippen molar-refractivity contribution in [2.24, 2.45) is 0 Å². The van der Waals surface area contributed by atoms with Gasteiger partial charge in [0.2, 0.25) is 0 Å². The molecule has 1 aliphatic carbocycles. The minimum absolute atomic E-state index is 0.459. The van der Waals surface area contributed by atoms with Crippen LogP contribution in [0.5, 0.6) is 0 Å². The van der Waals surface area contributed by atoms with Crippen molar-refractivity contribution in [3.63, 3.8) is 0 Å². The van der Waals surface area contributed by atoms with Gasteiger partial charge in [-0.25, -0.2) is 0 Å². The normalized spacial score (nSPS) is 12.7. The maximum absolute atomic E-state index is 2.49. The number of anilines is 2. The largest absolute Gasteiger partial charge is 0.337 e. The molecule has 0 fully saturated rings. The summed E-state index contributed by atoms with van der Waals surface area (Å²) in [6, 6.07) is 87.6. The Hall–Kier alpha value is -7.52. The Balaban J connectivity index is 1.01. The van der Waals surface area contributed by atoms with E-state index in [9.17, 15) is 0 Å². The molecule has 0 radical (unpaired) electrons. The van der Waals surface area contributed by atoms with Crippen LogP contribution in [-0.4, -0.2) is 0 Å². The molecule has 1 aliphatic rings. The van der Waals surface area contributed by atoms with Crippen molar-refractivity contribution in [3.05, 3.63) is 264 Å². The number of hydrogen-bond donors (Lipinski definition) is 0. The Morgan fingerprint density at radius 2 is 0.968 bits per heavy atom. The minimum atomic E-state index is -0.459.